The molecule has 5 nitrogen and oxygen atoms in total. The highest BCUT2D eigenvalue weighted by atomic mass is 32.2. The number of nitrogens with one attached hydrogen (secondary N) is 1. The van der Waals surface area contributed by atoms with Crippen LogP contribution in [0.2, 0.25) is 0 Å². The first-order chi connectivity index (χ1) is 7.16. The first kappa shape index (κ1) is 10.5. The van der Waals surface area contributed by atoms with E-state index in [4.69, 9.17) is 0 Å². The van der Waals surface area contributed by atoms with Gasteiger partial charge in [-0.05, 0) is 12.5 Å². The van der Waals surface area contributed by atoms with Crippen molar-refractivity contribution in [3.05, 3.63) is 24.3 Å². The van der Waals surface area contributed by atoms with Gasteiger partial charge in [0.2, 0.25) is 0 Å². The van der Waals surface area contributed by atoms with E-state index in [-0.39, 0.29) is 11.8 Å². The summed E-state index contributed by atoms with van der Waals surface area (Å²) in [5.74, 6) is 1.22. The molecular formula is C9H13N3O2S. The maximum atomic E-state index is 11.2. The zero-order valence-corrected chi connectivity index (χ0v) is 9.07. The quantitative estimate of drug-likeness (QED) is 0.771. The molecule has 0 aliphatic carbocycles. The highest BCUT2D eigenvalue weighted by molar-refractivity contribution is 7.91. The van der Waals surface area contributed by atoms with E-state index in [0.29, 0.717) is 24.5 Å². The van der Waals surface area contributed by atoms with Gasteiger partial charge in [0.15, 0.2) is 9.84 Å². The van der Waals surface area contributed by atoms with Gasteiger partial charge in [-0.2, -0.15) is 0 Å². The van der Waals surface area contributed by atoms with Gasteiger partial charge in [0, 0.05) is 18.4 Å². The van der Waals surface area contributed by atoms with E-state index in [1.54, 1.807) is 18.5 Å². The number of sulfone groups is 1. The standard InChI is InChI=1S/C9H13N3O2S/c13-15(14)5-2-8(7-15)12-6-9-10-3-1-4-11-9/h1,3-4,8,12H,2,5-7H2. The molecule has 1 atom stereocenters. The van der Waals surface area contributed by atoms with Crippen LogP contribution in [0.25, 0.3) is 0 Å². The van der Waals surface area contributed by atoms with Gasteiger partial charge in [-0.25, -0.2) is 18.4 Å². The Hall–Kier alpha value is -1.01. The zero-order chi connectivity index (χ0) is 10.7. The van der Waals surface area contributed by atoms with Crippen LogP contribution >= 0.6 is 0 Å². The summed E-state index contributed by atoms with van der Waals surface area (Å²) < 4.78 is 22.4. The molecule has 2 heterocycles. The second kappa shape index (κ2) is 4.24. The van der Waals surface area contributed by atoms with Crippen LogP contribution in [0.15, 0.2) is 18.5 Å². The average molecular weight is 227 g/mol. The molecule has 0 amide bonds. The Bertz CT molecular complexity index is 418. The van der Waals surface area contributed by atoms with E-state index in [2.05, 4.69) is 15.3 Å². The Morgan fingerprint density at radius 3 is 2.73 bits per heavy atom. The van der Waals surface area contributed by atoms with Crippen LogP contribution in [-0.2, 0) is 16.4 Å². The SMILES string of the molecule is O=S1(=O)CCC(NCc2ncccn2)C1. The van der Waals surface area contributed by atoms with Crippen molar-refractivity contribution in [1.82, 2.24) is 15.3 Å². The van der Waals surface area contributed by atoms with Gasteiger partial charge in [0.25, 0.3) is 0 Å². The molecule has 1 saturated heterocycles. The van der Waals surface area contributed by atoms with Crippen LogP contribution < -0.4 is 5.32 Å². The Kier molecular flexibility index (Phi) is 2.97. The third-order valence-electron chi connectivity index (χ3n) is 2.40. The third-order valence-corrected chi connectivity index (χ3v) is 4.17. The molecule has 1 aromatic rings. The lowest BCUT2D eigenvalue weighted by molar-refractivity contribution is 0.541. The molecule has 1 aliphatic heterocycles. The minimum atomic E-state index is -2.80. The van der Waals surface area contributed by atoms with Gasteiger partial charge < -0.3 is 5.32 Å². The zero-order valence-electron chi connectivity index (χ0n) is 8.26. The van der Waals surface area contributed by atoms with Crippen LogP contribution in [0, 0.1) is 0 Å². The van der Waals surface area contributed by atoms with E-state index in [0.717, 1.165) is 0 Å². The predicted octanol–water partition coefficient (Wildman–Crippen LogP) is -0.247. The lowest BCUT2D eigenvalue weighted by Crippen LogP contribution is -2.30. The van der Waals surface area contributed by atoms with E-state index < -0.39 is 9.84 Å². The summed E-state index contributed by atoms with van der Waals surface area (Å²) >= 11 is 0. The largest absolute Gasteiger partial charge is 0.306 e. The molecular weight excluding hydrogens is 214 g/mol. The third kappa shape index (κ3) is 2.97. The van der Waals surface area contributed by atoms with Crippen LogP contribution in [0.4, 0.5) is 0 Å². The second-order valence-corrected chi connectivity index (χ2v) is 5.87. The molecule has 6 heteroatoms. The molecule has 1 N–H and O–H groups in total. The number of aromatic nitrogens is 2. The maximum Gasteiger partial charge on any atom is 0.151 e. The van der Waals surface area contributed by atoms with Crippen molar-refractivity contribution < 1.29 is 8.42 Å². The van der Waals surface area contributed by atoms with Gasteiger partial charge in [-0.1, -0.05) is 0 Å². The van der Waals surface area contributed by atoms with Crippen molar-refractivity contribution in [2.45, 2.75) is 19.0 Å². The summed E-state index contributed by atoms with van der Waals surface area (Å²) in [5, 5.41) is 3.15. The summed E-state index contributed by atoms with van der Waals surface area (Å²) in [6.45, 7) is 0.529. The summed E-state index contributed by atoms with van der Waals surface area (Å²) in [4.78, 5) is 8.11. The van der Waals surface area contributed by atoms with Crippen LogP contribution in [0.1, 0.15) is 12.2 Å². The highest BCUT2D eigenvalue weighted by Crippen LogP contribution is 2.11. The summed E-state index contributed by atoms with van der Waals surface area (Å²) in [6, 6.07) is 1.81. The van der Waals surface area contributed by atoms with Crippen molar-refractivity contribution in [2.75, 3.05) is 11.5 Å². The lowest BCUT2D eigenvalue weighted by Gasteiger charge is -2.08. The van der Waals surface area contributed by atoms with Gasteiger partial charge in [-0.15, -0.1) is 0 Å². The van der Waals surface area contributed by atoms with Crippen molar-refractivity contribution in [3.8, 4) is 0 Å². The molecule has 0 aromatic carbocycles. The second-order valence-electron chi connectivity index (χ2n) is 3.65. The van der Waals surface area contributed by atoms with Gasteiger partial charge in [0.05, 0.1) is 18.1 Å². The van der Waals surface area contributed by atoms with E-state index in [1.807, 2.05) is 0 Å². The Labute approximate surface area is 88.9 Å². The highest BCUT2D eigenvalue weighted by Gasteiger charge is 2.27. The molecule has 1 aromatic heterocycles. The minimum Gasteiger partial charge on any atom is -0.306 e. The topological polar surface area (TPSA) is 72.0 Å². The molecule has 1 unspecified atom stereocenters. The molecule has 0 radical (unpaired) electrons. The average Bonchev–Trinajstić information content (AvgIpc) is 2.57. The lowest BCUT2D eigenvalue weighted by atomic mass is 10.2. The van der Waals surface area contributed by atoms with Crippen molar-refractivity contribution in [2.24, 2.45) is 0 Å². The van der Waals surface area contributed by atoms with E-state index >= 15 is 0 Å². The van der Waals surface area contributed by atoms with Crippen molar-refractivity contribution in [3.63, 3.8) is 0 Å². The minimum absolute atomic E-state index is 0.0545. The monoisotopic (exact) mass is 227 g/mol. The Morgan fingerprint density at radius 2 is 2.13 bits per heavy atom. The Morgan fingerprint density at radius 1 is 1.40 bits per heavy atom. The fraction of sp³-hybridized carbons (Fsp3) is 0.556. The first-order valence-corrected chi connectivity index (χ1v) is 6.67. The van der Waals surface area contributed by atoms with Gasteiger partial charge in [-0.3, -0.25) is 0 Å². The van der Waals surface area contributed by atoms with Gasteiger partial charge >= 0.3 is 0 Å². The van der Waals surface area contributed by atoms with E-state index in [1.165, 1.54) is 0 Å². The van der Waals surface area contributed by atoms with Crippen molar-refractivity contribution in [1.29, 1.82) is 0 Å². The summed E-state index contributed by atoms with van der Waals surface area (Å²) in [7, 11) is -2.80. The molecule has 82 valence electrons. The number of hydrogen-bond acceptors (Lipinski definition) is 5. The smallest absolute Gasteiger partial charge is 0.151 e. The molecule has 1 fully saturated rings. The molecule has 0 spiro atoms. The molecule has 2 rings (SSSR count). The van der Waals surface area contributed by atoms with Crippen LogP contribution in [0.3, 0.4) is 0 Å². The fourth-order valence-corrected chi connectivity index (χ4v) is 3.32. The number of rotatable bonds is 3. The molecule has 0 saturated carbocycles. The first-order valence-electron chi connectivity index (χ1n) is 4.85. The number of nitrogens with zero attached hydrogens (tertiary/aromatic N) is 2. The van der Waals surface area contributed by atoms with E-state index in [9.17, 15) is 8.42 Å². The van der Waals surface area contributed by atoms with Crippen molar-refractivity contribution >= 4 is 9.84 Å². The molecule has 1 aliphatic rings. The maximum absolute atomic E-state index is 11.2. The van der Waals surface area contributed by atoms with Gasteiger partial charge in [0.1, 0.15) is 5.82 Å². The summed E-state index contributed by atoms with van der Waals surface area (Å²) in [6.07, 6.45) is 4.04. The van der Waals surface area contributed by atoms with Crippen LogP contribution in [0.5, 0.6) is 0 Å². The van der Waals surface area contributed by atoms with Crippen LogP contribution in [-0.4, -0.2) is 35.9 Å². The summed E-state index contributed by atoms with van der Waals surface area (Å²) in [5.41, 5.74) is 0. The number of hydrogen-bond donors (Lipinski definition) is 1. The normalized spacial score (nSPS) is 24.1. The Balaban J connectivity index is 1.85. The predicted molar refractivity (Wildman–Crippen MR) is 55.9 cm³/mol. The molecule has 0 bridgehead atoms. The fourth-order valence-electron chi connectivity index (χ4n) is 1.61. The molecule has 15 heavy (non-hydrogen) atoms.